The van der Waals surface area contributed by atoms with Gasteiger partial charge in [-0.25, -0.2) is 14.8 Å². The maximum absolute atomic E-state index is 11.7. The molecule has 0 bridgehead atoms. The monoisotopic (exact) mass is 326 g/mol. The molecule has 0 spiro atoms. The van der Waals surface area contributed by atoms with Crippen molar-refractivity contribution in [3.8, 4) is 0 Å². The third kappa shape index (κ3) is 4.47. The van der Waals surface area contributed by atoms with Gasteiger partial charge in [-0.05, 0) is 6.92 Å². The number of oxazole rings is 1. The van der Waals surface area contributed by atoms with E-state index < -0.39 is 0 Å². The highest BCUT2D eigenvalue weighted by molar-refractivity contribution is 8.00. The molecule has 0 unspecified atom stereocenters. The van der Waals surface area contributed by atoms with Gasteiger partial charge >= 0.3 is 6.03 Å². The number of amides is 2. The normalized spacial score (nSPS) is 10.6. The molecule has 0 aliphatic carbocycles. The molecule has 0 fully saturated rings. The van der Waals surface area contributed by atoms with Gasteiger partial charge in [-0.2, -0.15) is 0 Å². The lowest BCUT2D eigenvalue weighted by Gasteiger charge is -2.13. The number of aromatic nitrogens is 2. The number of hydrogen-bond acceptors (Lipinski definition) is 6. The van der Waals surface area contributed by atoms with Gasteiger partial charge < -0.3 is 9.32 Å². The molecule has 2 heterocycles. The molecule has 6 nitrogen and oxygen atoms in total. The zero-order valence-electron chi connectivity index (χ0n) is 12.3. The summed E-state index contributed by atoms with van der Waals surface area (Å²) in [5.74, 6) is 2.26. The van der Waals surface area contributed by atoms with Crippen LogP contribution in [0.5, 0.6) is 0 Å². The minimum absolute atomic E-state index is 0.149. The summed E-state index contributed by atoms with van der Waals surface area (Å²) < 4.78 is 6.56. The zero-order chi connectivity index (χ0) is 15.2. The second-order valence-corrected chi connectivity index (χ2v) is 6.60. The van der Waals surface area contributed by atoms with Crippen molar-refractivity contribution in [3.05, 3.63) is 24.0 Å². The van der Waals surface area contributed by atoms with E-state index in [0.717, 1.165) is 16.4 Å². The van der Waals surface area contributed by atoms with Crippen molar-refractivity contribution >= 4 is 34.3 Å². The van der Waals surface area contributed by atoms with E-state index in [0.29, 0.717) is 23.3 Å². The van der Waals surface area contributed by atoms with Gasteiger partial charge in [0, 0.05) is 20.0 Å². The van der Waals surface area contributed by atoms with Crippen molar-refractivity contribution in [2.45, 2.75) is 30.2 Å². The Hall–Kier alpha value is -1.54. The van der Waals surface area contributed by atoms with Crippen LogP contribution in [0.25, 0.3) is 0 Å². The number of anilines is 1. The molecular weight excluding hydrogens is 308 g/mol. The van der Waals surface area contributed by atoms with Crippen molar-refractivity contribution in [2.75, 3.05) is 18.9 Å². The largest absolute Gasteiger partial charge is 0.445 e. The third-order valence-corrected chi connectivity index (χ3v) is 4.90. The number of rotatable bonds is 6. The predicted octanol–water partition coefficient (Wildman–Crippen LogP) is 3.47. The minimum Gasteiger partial charge on any atom is -0.445 e. The van der Waals surface area contributed by atoms with Crippen LogP contribution in [0.4, 0.5) is 9.93 Å². The molecule has 0 atom stereocenters. The molecule has 2 amide bonds. The second kappa shape index (κ2) is 7.46. The highest BCUT2D eigenvalue weighted by Gasteiger charge is 2.10. The summed E-state index contributed by atoms with van der Waals surface area (Å²) in [4.78, 5) is 21.7. The highest BCUT2D eigenvalue weighted by atomic mass is 32.2. The lowest BCUT2D eigenvalue weighted by molar-refractivity contribution is 0.224. The number of nitrogens with zero attached hydrogens (tertiary/aromatic N) is 3. The molecule has 21 heavy (non-hydrogen) atoms. The van der Waals surface area contributed by atoms with Crippen LogP contribution < -0.4 is 5.32 Å². The van der Waals surface area contributed by atoms with Gasteiger partial charge in [-0.15, -0.1) is 11.8 Å². The van der Waals surface area contributed by atoms with E-state index in [1.807, 2.05) is 13.8 Å². The average Bonchev–Trinajstić information content (AvgIpc) is 3.13. The van der Waals surface area contributed by atoms with Gasteiger partial charge in [0.25, 0.3) is 0 Å². The fourth-order valence-electron chi connectivity index (χ4n) is 1.43. The van der Waals surface area contributed by atoms with E-state index >= 15 is 0 Å². The SMILES string of the molecule is CCc1cnc(CSc2cnc(NC(=O)N(C)CC)s2)o1. The Morgan fingerprint density at radius 3 is 2.90 bits per heavy atom. The molecule has 2 aromatic rings. The van der Waals surface area contributed by atoms with Crippen LogP contribution in [0.3, 0.4) is 0 Å². The summed E-state index contributed by atoms with van der Waals surface area (Å²) in [7, 11) is 1.74. The summed E-state index contributed by atoms with van der Waals surface area (Å²) >= 11 is 3.04. The van der Waals surface area contributed by atoms with Crippen molar-refractivity contribution in [3.63, 3.8) is 0 Å². The summed E-state index contributed by atoms with van der Waals surface area (Å²) in [6.07, 6.45) is 4.36. The number of carbonyl (C=O) groups excluding carboxylic acids is 1. The minimum atomic E-state index is -0.149. The van der Waals surface area contributed by atoms with E-state index in [-0.39, 0.29) is 6.03 Å². The van der Waals surface area contributed by atoms with Crippen LogP contribution in [0, 0.1) is 0 Å². The first-order valence-electron chi connectivity index (χ1n) is 6.66. The first-order chi connectivity index (χ1) is 10.1. The Bertz CT molecular complexity index is 597. The molecule has 0 saturated heterocycles. The molecule has 0 aliphatic rings. The number of thioether (sulfide) groups is 1. The molecule has 8 heteroatoms. The van der Waals surface area contributed by atoms with Gasteiger partial charge in [0.2, 0.25) is 5.89 Å². The molecular formula is C13H18N4O2S2. The van der Waals surface area contributed by atoms with Gasteiger partial charge in [-0.3, -0.25) is 5.32 Å². The molecule has 0 saturated carbocycles. The second-order valence-electron chi connectivity index (χ2n) is 4.29. The topological polar surface area (TPSA) is 71.3 Å². The number of nitrogens with one attached hydrogen (secondary N) is 1. The Labute approximate surface area is 132 Å². The molecule has 0 aromatic carbocycles. The van der Waals surface area contributed by atoms with E-state index in [1.54, 1.807) is 36.1 Å². The van der Waals surface area contributed by atoms with Crippen molar-refractivity contribution in [1.29, 1.82) is 0 Å². The van der Waals surface area contributed by atoms with E-state index in [1.165, 1.54) is 11.3 Å². The number of aryl methyl sites for hydroxylation is 1. The first kappa shape index (κ1) is 15.8. The molecule has 0 aliphatic heterocycles. The predicted molar refractivity (Wildman–Crippen MR) is 84.9 cm³/mol. The summed E-state index contributed by atoms with van der Waals surface area (Å²) in [5, 5.41) is 3.37. The fourth-order valence-corrected chi connectivity index (χ4v) is 3.14. The standard InChI is InChI=1S/C13H18N4O2S2/c1-4-9-6-14-10(19-9)8-20-11-7-15-12(21-11)16-13(18)17(3)5-2/h6-7H,4-5,8H2,1-3H3,(H,15,16,18). The zero-order valence-corrected chi connectivity index (χ0v) is 13.9. The lowest BCUT2D eigenvalue weighted by atomic mass is 10.4. The van der Waals surface area contributed by atoms with Gasteiger partial charge in [0.15, 0.2) is 5.13 Å². The maximum atomic E-state index is 11.7. The molecule has 1 N–H and O–H groups in total. The number of thiazole rings is 1. The quantitative estimate of drug-likeness (QED) is 0.823. The fraction of sp³-hybridized carbons (Fsp3) is 0.462. The number of hydrogen-bond donors (Lipinski definition) is 1. The van der Waals surface area contributed by atoms with Crippen LogP contribution in [-0.4, -0.2) is 34.5 Å². The average molecular weight is 326 g/mol. The summed E-state index contributed by atoms with van der Waals surface area (Å²) in [6.45, 7) is 4.61. The van der Waals surface area contributed by atoms with Crippen LogP contribution in [0.1, 0.15) is 25.5 Å². The Morgan fingerprint density at radius 1 is 1.43 bits per heavy atom. The summed E-state index contributed by atoms with van der Waals surface area (Å²) in [6, 6.07) is -0.149. The van der Waals surface area contributed by atoms with Gasteiger partial charge in [0.1, 0.15) is 5.76 Å². The third-order valence-electron chi connectivity index (χ3n) is 2.81. The Kier molecular flexibility index (Phi) is 5.63. The first-order valence-corrected chi connectivity index (χ1v) is 8.46. The van der Waals surface area contributed by atoms with Gasteiger partial charge in [-0.1, -0.05) is 18.3 Å². The highest BCUT2D eigenvalue weighted by Crippen LogP contribution is 2.30. The van der Waals surface area contributed by atoms with Crippen LogP contribution in [-0.2, 0) is 12.2 Å². The lowest BCUT2D eigenvalue weighted by Crippen LogP contribution is -2.30. The smallest absolute Gasteiger partial charge is 0.323 e. The molecule has 114 valence electrons. The maximum Gasteiger partial charge on any atom is 0.323 e. The van der Waals surface area contributed by atoms with Crippen molar-refractivity contribution in [1.82, 2.24) is 14.9 Å². The molecule has 0 radical (unpaired) electrons. The van der Waals surface area contributed by atoms with Gasteiger partial charge in [0.05, 0.1) is 22.4 Å². The molecule has 2 rings (SSSR count). The Morgan fingerprint density at radius 2 is 2.24 bits per heavy atom. The summed E-state index contributed by atoms with van der Waals surface area (Å²) in [5.41, 5.74) is 0. The van der Waals surface area contributed by atoms with Crippen LogP contribution in [0.15, 0.2) is 21.0 Å². The van der Waals surface area contributed by atoms with E-state index in [4.69, 9.17) is 4.42 Å². The number of carbonyl (C=O) groups is 1. The van der Waals surface area contributed by atoms with Crippen molar-refractivity contribution < 1.29 is 9.21 Å². The number of urea groups is 1. The van der Waals surface area contributed by atoms with Crippen LogP contribution >= 0.6 is 23.1 Å². The van der Waals surface area contributed by atoms with E-state index in [2.05, 4.69) is 15.3 Å². The molecule has 2 aromatic heterocycles. The Balaban J connectivity index is 1.86. The van der Waals surface area contributed by atoms with Crippen molar-refractivity contribution in [2.24, 2.45) is 0 Å². The van der Waals surface area contributed by atoms with E-state index in [9.17, 15) is 4.79 Å². The van der Waals surface area contributed by atoms with Crippen LogP contribution in [0.2, 0.25) is 0 Å².